The Balaban J connectivity index is 1.97. The van der Waals surface area contributed by atoms with Crippen LogP contribution in [0.1, 0.15) is 130 Å². The van der Waals surface area contributed by atoms with Crippen molar-refractivity contribution in [3.05, 3.63) is 0 Å². The number of esters is 4. The number of aliphatic hydroxyl groups is 4. The lowest BCUT2D eigenvalue weighted by Gasteiger charge is -2.46. The van der Waals surface area contributed by atoms with Crippen molar-refractivity contribution >= 4 is 23.9 Å². The highest BCUT2D eigenvalue weighted by Gasteiger charge is 2.53. The van der Waals surface area contributed by atoms with Gasteiger partial charge in [-0.2, -0.15) is 0 Å². The second-order valence-corrected chi connectivity index (χ2v) is 13.5. The molecule has 2 saturated heterocycles. The van der Waals surface area contributed by atoms with Crippen LogP contribution in [0.5, 0.6) is 0 Å². The normalized spacial score (nSPS) is 29.3. The predicted octanol–water partition coefficient (Wildman–Crippen LogP) is 3.13. The molecule has 2 fully saturated rings. The first kappa shape index (κ1) is 44.8. The lowest BCUT2D eigenvalue weighted by atomic mass is 9.97. The van der Waals surface area contributed by atoms with Gasteiger partial charge in [-0.3, -0.25) is 19.2 Å². The van der Waals surface area contributed by atoms with Crippen molar-refractivity contribution in [1.29, 1.82) is 0 Å². The molecule has 10 unspecified atom stereocenters. The third kappa shape index (κ3) is 16.9. The van der Waals surface area contributed by atoms with Gasteiger partial charge in [-0.1, -0.05) is 96.8 Å². The molecule has 4 N–H and O–H groups in total. The fourth-order valence-corrected chi connectivity index (χ4v) is 6.14. The van der Waals surface area contributed by atoms with Gasteiger partial charge in [-0.25, -0.2) is 0 Å². The minimum atomic E-state index is -1.86. The van der Waals surface area contributed by atoms with E-state index in [-0.39, 0.29) is 6.42 Å². The first-order valence-corrected chi connectivity index (χ1v) is 18.7. The third-order valence-corrected chi connectivity index (χ3v) is 9.01. The van der Waals surface area contributed by atoms with E-state index in [1.807, 2.05) is 0 Å². The van der Waals surface area contributed by atoms with Gasteiger partial charge in [0.2, 0.25) is 6.29 Å². The topological polar surface area (TPSA) is 214 Å². The summed E-state index contributed by atoms with van der Waals surface area (Å²) in [5.41, 5.74) is 0. The highest BCUT2D eigenvalue weighted by Crippen LogP contribution is 2.32. The number of unbranched alkanes of at least 4 members (excludes halogenated alkanes) is 14. The molecule has 2 aliphatic rings. The van der Waals surface area contributed by atoms with Crippen LogP contribution in [-0.2, 0) is 52.3 Å². The molecule has 0 aliphatic carbocycles. The summed E-state index contributed by atoms with van der Waals surface area (Å²) in [5, 5.41) is 42.6. The average Bonchev–Trinajstić information content (AvgIpc) is 3.07. The summed E-state index contributed by atoms with van der Waals surface area (Å²) in [4.78, 5) is 48.0. The number of rotatable bonds is 24. The molecule has 0 aromatic heterocycles. The quantitative estimate of drug-likeness (QED) is 0.0637. The molecule has 0 aromatic rings. The van der Waals surface area contributed by atoms with Gasteiger partial charge in [0.25, 0.3) is 0 Å². The molecule has 0 amide bonds. The van der Waals surface area contributed by atoms with Crippen LogP contribution in [0.15, 0.2) is 0 Å². The van der Waals surface area contributed by atoms with E-state index in [4.69, 9.17) is 33.2 Å². The predicted molar refractivity (Wildman–Crippen MR) is 181 cm³/mol. The lowest BCUT2D eigenvalue weighted by molar-refractivity contribution is -0.377. The highest BCUT2D eigenvalue weighted by molar-refractivity contribution is 5.70. The van der Waals surface area contributed by atoms with Crippen molar-refractivity contribution in [2.24, 2.45) is 0 Å². The molecule has 2 rings (SSSR count). The van der Waals surface area contributed by atoms with Gasteiger partial charge in [0, 0.05) is 27.2 Å². The summed E-state index contributed by atoms with van der Waals surface area (Å²) in [6.07, 6.45) is 1.17. The van der Waals surface area contributed by atoms with Gasteiger partial charge in [-0.15, -0.1) is 0 Å². The van der Waals surface area contributed by atoms with E-state index in [1.165, 1.54) is 64.2 Å². The number of carbonyl (C=O) groups is 4. The Morgan fingerprint density at radius 3 is 1.43 bits per heavy atom. The summed E-state index contributed by atoms with van der Waals surface area (Å²) in [6.45, 7) is 4.59. The van der Waals surface area contributed by atoms with Crippen LogP contribution >= 0.6 is 0 Å². The number of aliphatic hydroxyl groups excluding tert-OH is 4. The van der Waals surface area contributed by atoms with Gasteiger partial charge < -0.3 is 53.6 Å². The van der Waals surface area contributed by atoms with E-state index < -0.39 is 98.5 Å². The molecule has 0 aromatic carbocycles. The van der Waals surface area contributed by atoms with Gasteiger partial charge in [0.05, 0.1) is 0 Å². The van der Waals surface area contributed by atoms with Crippen molar-refractivity contribution in [3.8, 4) is 0 Å². The molecule has 0 bridgehead atoms. The first-order valence-electron chi connectivity index (χ1n) is 18.7. The number of ether oxygens (including phenoxy) is 7. The second-order valence-electron chi connectivity index (χ2n) is 13.5. The summed E-state index contributed by atoms with van der Waals surface area (Å²) < 4.78 is 38.1. The molecule has 0 spiro atoms. The Kier molecular flexibility index (Phi) is 21.7. The van der Waals surface area contributed by atoms with Crippen molar-refractivity contribution in [2.75, 3.05) is 13.2 Å². The van der Waals surface area contributed by atoms with Crippen molar-refractivity contribution in [2.45, 2.75) is 192 Å². The van der Waals surface area contributed by atoms with Crippen LogP contribution in [0.3, 0.4) is 0 Å². The zero-order valence-corrected chi connectivity index (χ0v) is 30.8. The minimum absolute atomic E-state index is 0.0131. The van der Waals surface area contributed by atoms with Crippen molar-refractivity contribution in [1.82, 2.24) is 0 Å². The maximum atomic E-state index is 13.1. The Morgan fingerprint density at radius 2 is 0.961 bits per heavy atom. The summed E-state index contributed by atoms with van der Waals surface area (Å²) in [7, 11) is 0. The van der Waals surface area contributed by atoms with Gasteiger partial charge in [0.1, 0.15) is 49.8 Å². The molecule has 10 atom stereocenters. The van der Waals surface area contributed by atoms with E-state index in [0.29, 0.717) is 6.42 Å². The minimum Gasteiger partial charge on any atom is -0.463 e. The van der Waals surface area contributed by atoms with Gasteiger partial charge >= 0.3 is 23.9 Å². The average molecular weight is 735 g/mol. The van der Waals surface area contributed by atoms with Crippen LogP contribution in [0, 0.1) is 0 Å². The zero-order valence-electron chi connectivity index (χ0n) is 30.8. The monoisotopic (exact) mass is 734 g/mol. The van der Waals surface area contributed by atoms with Gasteiger partial charge in [0.15, 0.2) is 18.5 Å². The van der Waals surface area contributed by atoms with Crippen LogP contribution in [0.4, 0.5) is 0 Å². The molecule has 2 heterocycles. The fourth-order valence-electron chi connectivity index (χ4n) is 6.14. The van der Waals surface area contributed by atoms with E-state index in [1.54, 1.807) is 0 Å². The van der Waals surface area contributed by atoms with Crippen LogP contribution in [0.25, 0.3) is 0 Å². The smallest absolute Gasteiger partial charge is 0.306 e. The van der Waals surface area contributed by atoms with Crippen LogP contribution < -0.4 is 0 Å². The van der Waals surface area contributed by atoms with E-state index >= 15 is 0 Å². The Bertz CT molecular complexity index is 1020. The molecule has 15 nitrogen and oxygen atoms in total. The first-order chi connectivity index (χ1) is 24.3. The standard InChI is InChI=1S/C36H62O15/c1-5-6-7-8-9-10-11-12-13-14-15-16-17-18-19-20-28(40)50-34-33(47-25(4)39)30(42)27(22-46-24(3)38)49-36(34)51-35-32(44)31(43)29(41)26(48-35)21-45-23(2)37/h26-27,29-36,41-44H,5-22H2,1-4H3. The zero-order chi connectivity index (χ0) is 37.8. The number of carbonyl (C=O) groups excluding carboxylic acids is 4. The molecular weight excluding hydrogens is 672 g/mol. The molecule has 51 heavy (non-hydrogen) atoms. The summed E-state index contributed by atoms with van der Waals surface area (Å²) in [6, 6.07) is 0. The molecule has 15 heteroatoms. The third-order valence-electron chi connectivity index (χ3n) is 9.01. The summed E-state index contributed by atoms with van der Waals surface area (Å²) >= 11 is 0. The fraction of sp³-hybridized carbons (Fsp3) is 0.889. The maximum absolute atomic E-state index is 13.1. The van der Waals surface area contributed by atoms with E-state index in [9.17, 15) is 39.6 Å². The Morgan fingerprint density at radius 1 is 0.510 bits per heavy atom. The van der Waals surface area contributed by atoms with Crippen molar-refractivity contribution < 1.29 is 72.8 Å². The molecule has 296 valence electrons. The SMILES string of the molecule is CCCCCCCCCCCCCCCCCC(=O)OC1C(OC2OC(COC(C)=O)C(O)C(O)C2O)OC(COC(C)=O)C(O)C1OC(C)=O. The Hall–Kier alpha value is -2.40. The Labute approximate surface area is 301 Å². The largest absolute Gasteiger partial charge is 0.463 e. The van der Waals surface area contributed by atoms with Gasteiger partial charge in [-0.05, 0) is 6.42 Å². The summed E-state index contributed by atoms with van der Waals surface area (Å²) in [5.74, 6) is -2.90. The molecule has 0 radical (unpaired) electrons. The molecular formula is C36H62O15. The number of hydrogen-bond acceptors (Lipinski definition) is 15. The van der Waals surface area contributed by atoms with E-state index in [0.717, 1.165) is 46.5 Å². The van der Waals surface area contributed by atoms with Crippen LogP contribution in [0.2, 0.25) is 0 Å². The molecule has 2 aliphatic heterocycles. The number of hydrogen-bond donors (Lipinski definition) is 4. The lowest BCUT2D eigenvalue weighted by Crippen LogP contribution is -2.65. The molecule has 0 saturated carbocycles. The second kappa shape index (κ2) is 24.8. The maximum Gasteiger partial charge on any atom is 0.306 e. The van der Waals surface area contributed by atoms with Crippen LogP contribution in [-0.4, -0.2) is 119 Å². The highest BCUT2D eigenvalue weighted by atomic mass is 16.8. The van der Waals surface area contributed by atoms with Crippen molar-refractivity contribution in [3.63, 3.8) is 0 Å². The van der Waals surface area contributed by atoms with E-state index in [2.05, 4.69) is 6.92 Å².